The van der Waals surface area contributed by atoms with E-state index in [1.165, 1.54) is 12.0 Å². The van der Waals surface area contributed by atoms with Crippen LogP contribution in [0.15, 0.2) is 48.0 Å². The Morgan fingerprint density at radius 3 is 2.28 bits per heavy atom. The van der Waals surface area contributed by atoms with Crippen LogP contribution in [0.25, 0.3) is 5.76 Å². The van der Waals surface area contributed by atoms with Gasteiger partial charge in [0.2, 0.25) is 0 Å². The molecule has 0 spiro atoms. The monoisotopic (exact) mass is 495 g/mol. The quantitative estimate of drug-likeness (QED) is 0.296. The van der Waals surface area contributed by atoms with Gasteiger partial charge in [-0.3, -0.25) is 9.59 Å². The molecule has 1 unspecified atom stereocenters. The number of ether oxygens (including phenoxy) is 3. The van der Waals surface area contributed by atoms with Crippen molar-refractivity contribution in [3.8, 4) is 11.5 Å². The molecule has 1 N–H and O–H groups in total. The Morgan fingerprint density at radius 2 is 1.72 bits per heavy atom. The fraction of sp³-hybridized carbons (Fsp3) is 0.448. The zero-order valence-electron chi connectivity index (χ0n) is 22.3. The van der Waals surface area contributed by atoms with E-state index in [9.17, 15) is 14.7 Å². The molecule has 1 atom stereocenters. The van der Waals surface area contributed by atoms with Gasteiger partial charge in [-0.2, -0.15) is 0 Å². The third kappa shape index (κ3) is 5.73. The number of hydrogen-bond donors (Lipinski definition) is 1. The minimum absolute atomic E-state index is 0.0528. The number of Topliss-reactive ketones (excluding diaryl/α,β-unsaturated/α-hetero) is 1. The van der Waals surface area contributed by atoms with Crippen LogP contribution in [0.2, 0.25) is 0 Å². The van der Waals surface area contributed by atoms with Crippen molar-refractivity contribution < 1.29 is 28.9 Å². The first-order chi connectivity index (χ1) is 17.0. The number of benzene rings is 2. The summed E-state index contributed by atoms with van der Waals surface area (Å²) in [6.07, 6.45) is 0. The van der Waals surface area contributed by atoms with Crippen LogP contribution in [0.5, 0.6) is 11.5 Å². The predicted octanol–water partition coefficient (Wildman–Crippen LogP) is 5.10. The van der Waals surface area contributed by atoms with E-state index in [1.807, 2.05) is 51.1 Å². The molecule has 1 aliphatic rings. The van der Waals surface area contributed by atoms with Crippen LogP contribution in [0.4, 0.5) is 0 Å². The number of aliphatic hydroxyl groups is 1. The minimum Gasteiger partial charge on any atom is -0.507 e. The third-order valence-corrected chi connectivity index (χ3v) is 6.14. The van der Waals surface area contributed by atoms with E-state index < -0.39 is 17.7 Å². The van der Waals surface area contributed by atoms with Crippen molar-refractivity contribution in [1.82, 2.24) is 4.90 Å². The van der Waals surface area contributed by atoms with E-state index in [1.54, 1.807) is 19.2 Å². The summed E-state index contributed by atoms with van der Waals surface area (Å²) in [6.45, 7) is 11.3. The molecule has 0 bridgehead atoms. The van der Waals surface area contributed by atoms with Crippen LogP contribution in [0.1, 0.15) is 57.4 Å². The van der Waals surface area contributed by atoms with Crippen molar-refractivity contribution in [2.24, 2.45) is 5.92 Å². The highest BCUT2D eigenvalue weighted by Gasteiger charge is 2.46. The molecule has 3 rings (SSSR count). The molecule has 1 aliphatic heterocycles. The number of likely N-dealkylation sites (tertiary alicyclic amines) is 1. The SMILES string of the molecule is COCCN1C(=O)C(=O)/C(=C(\O)c2ccc(OC)c(C(C)(C)C)c2)C1c1ccc(OCC(C)C)cc1. The molecule has 2 aromatic rings. The first-order valence-corrected chi connectivity index (χ1v) is 12.2. The van der Waals surface area contributed by atoms with Gasteiger partial charge in [-0.15, -0.1) is 0 Å². The molecule has 194 valence electrons. The van der Waals surface area contributed by atoms with E-state index in [-0.39, 0.29) is 29.9 Å². The normalized spacial score (nSPS) is 17.7. The average Bonchev–Trinajstić information content (AvgIpc) is 3.09. The molecule has 7 heteroatoms. The van der Waals surface area contributed by atoms with Crippen molar-refractivity contribution in [3.63, 3.8) is 0 Å². The summed E-state index contributed by atoms with van der Waals surface area (Å²) in [5, 5.41) is 11.4. The molecular weight excluding hydrogens is 458 g/mol. The number of hydrogen-bond acceptors (Lipinski definition) is 6. The van der Waals surface area contributed by atoms with Gasteiger partial charge in [0.15, 0.2) is 0 Å². The Morgan fingerprint density at radius 1 is 1.06 bits per heavy atom. The molecule has 0 aliphatic carbocycles. The highest BCUT2D eigenvalue weighted by atomic mass is 16.5. The van der Waals surface area contributed by atoms with E-state index in [0.717, 1.165) is 5.56 Å². The number of ketones is 1. The van der Waals surface area contributed by atoms with Crippen LogP contribution >= 0.6 is 0 Å². The van der Waals surface area contributed by atoms with Gasteiger partial charge in [0.05, 0.1) is 31.9 Å². The second-order valence-corrected chi connectivity index (χ2v) is 10.4. The zero-order valence-corrected chi connectivity index (χ0v) is 22.3. The topological polar surface area (TPSA) is 85.3 Å². The second-order valence-electron chi connectivity index (χ2n) is 10.4. The van der Waals surface area contributed by atoms with Crippen LogP contribution < -0.4 is 9.47 Å². The van der Waals surface area contributed by atoms with E-state index in [2.05, 4.69) is 13.8 Å². The lowest BCUT2D eigenvalue weighted by Gasteiger charge is -2.26. The fourth-order valence-electron chi connectivity index (χ4n) is 4.25. The Bertz CT molecular complexity index is 1130. The summed E-state index contributed by atoms with van der Waals surface area (Å²) in [5.74, 6) is 0.171. The molecule has 1 heterocycles. The summed E-state index contributed by atoms with van der Waals surface area (Å²) in [4.78, 5) is 27.7. The molecular formula is C29H37NO6. The molecule has 0 saturated carbocycles. The smallest absolute Gasteiger partial charge is 0.295 e. The van der Waals surface area contributed by atoms with E-state index in [0.29, 0.717) is 35.2 Å². The van der Waals surface area contributed by atoms with Crippen LogP contribution in [0.3, 0.4) is 0 Å². The van der Waals surface area contributed by atoms with Gasteiger partial charge in [0.25, 0.3) is 11.7 Å². The summed E-state index contributed by atoms with van der Waals surface area (Å²) < 4.78 is 16.5. The molecule has 36 heavy (non-hydrogen) atoms. The second kappa shape index (κ2) is 11.2. The predicted molar refractivity (Wildman–Crippen MR) is 139 cm³/mol. The van der Waals surface area contributed by atoms with Crippen LogP contribution in [-0.2, 0) is 19.7 Å². The highest BCUT2D eigenvalue weighted by Crippen LogP contribution is 2.41. The van der Waals surface area contributed by atoms with Gasteiger partial charge in [-0.1, -0.05) is 46.8 Å². The van der Waals surface area contributed by atoms with Crippen molar-refractivity contribution in [1.29, 1.82) is 0 Å². The van der Waals surface area contributed by atoms with Gasteiger partial charge in [0.1, 0.15) is 17.3 Å². The van der Waals surface area contributed by atoms with Gasteiger partial charge < -0.3 is 24.2 Å². The summed E-state index contributed by atoms with van der Waals surface area (Å²) in [6, 6.07) is 11.8. The lowest BCUT2D eigenvalue weighted by atomic mass is 9.84. The number of rotatable bonds is 9. The maximum atomic E-state index is 13.2. The number of methoxy groups -OCH3 is 2. The van der Waals surface area contributed by atoms with Gasteiger partial charge in [-0.25, -0.2) is 0 Å². The maximum absolute atomic E-state index is 13.2. The van der Waals surface area contributed by atoms with Gasteiger partial charge in [0, 0.05) is 24.8 Å². The molecule has 1 saturated heterocycles. The standard InChI is InChI=1S/C29H37NO6/c1-18(2)17-36-21-11-8-19(9-12-21)25-24(27(32)28(33)30(25)14-15-34-6)26(31)20-10-13-23(35-7)22(16-20)29(3,4)5/h8-13,16,18,25,31H,14-15,17H2,1-7H3/b26-24-. The van der Waals surface area contributed by atoms with Crippen molar-refractivity contribution in [3.05, 3.63) is 64.7 Å². The number of nitrogens with zero attached hydrogens (tertiary/aromatic N) is 1. The van der Waals surface area contributed by atoms with Gasteiger partial charge in [-0.05, 0) is 47.2 Å². The molecule has 2 aromatic carbocycles. The lowest BCUT2D eigenvalue weighted by Crippen LogP contribution is -2.32. The van der Waals surface area contributed by atoms with E-state index >= 15 is 0 Å². The Balaban J connectivity index is 2.12. The van der Waals surface area contributed by atoms with Gasteiger partial charge >= 0.3 is 0 Å². The van der Waals surface area contributed by atoms with E-state index in [4.69, 9.17) is 14.2 Å². The molecule has 0 radical (unpaired) electrons. The Kier molecular flexibility index (Phi) is 8.46. The highest BCUT2D eigenvalue weighted by molar-refractivity contribution is 6.46. The zero-order chi connectivity index (χ0) is 26.6. The summed E-state index contributed by atoms with van der Waals surface area (Å²) >= 11 is 0. The largest absolute Gasteiger partial charge is 0.507 e. The molecule has 1 amide bonds. The first-order valence-electron chi connectivity index (χ1n) is 12.2. The van der Waals surface area contributed by atoms with Crippen molar-refractivity contribution in [2.75, 3.05) is 34.0 Å². The molecule has 1 fully saturated rings. The lowest BCUT2D eigenvalue weighted by molar-refractivity contribution is -0.140. The number of carbonyl (C=O) groups excluding carboxylic acids is 2. The van der Waals surface area contributed by atoms with Crippen molar-refractivity contribution >= 4 is 17.4 Å². The Labute approximate surface area is 213 Å². The van der Waals surface area contributed by atoms with Crippen LogP contribution in [0, 0.1) is 5.92 Å². The maximum Gasteiger partial charge on any atom is 0.295 e. The number of carbonyl (C=O) groups is 2. The average molecular weight is 496 g/mol. The third-order valence-electron chi connectivity index (χ3n) is 6.14. The summed E-state index contributed by atoms with van der Waals surface area (Å²) in [5.41, 5.74) is 1.82. The minimum atomic E-state index is -0.750. The van der Waals surface area contributed by atoms with Crippen LogP contribution in [-0.4, -0.2) is 55.7 Å². The molecule has 0 aromatic heterocycles. The number of amides is 1. The number of aliphatic hydroxyl groups excluding tert-OH is 1. The Hall–Kier alpha value is -3.32. The summed E-state index contributed by atoms with van der Waals surface area (Å²) in [7, 11) is 3.14. The molecule has 7 nitrogen and oxygen atoms in total. The first kappa shape index (κ1) is 27.3. The van der Waals surface area contributed by atoms with Crippen molar-refractivity contribution in [2.45, 2.75) is 46.1 Å². The fourth-order valence-corrected chi connectivity index (χ4v) is 4.25.